The number of rotatable bonds is 3. The second-order valence-electron chi connectivity index (χ2n) is 6.82. The van der Waals surface area contributed by atoms with E-state index < -0.39 is 6.30 Å². The van der Waals surface area contributed by atoms with E-state index in [0.29, 0.717) is 40.3 Å². The normalized spacial score (nSPS) is 22.0. The molecule has 2 heterocycles. The van der Waals surface area contributed by atoms with Gasteiger partial charge in [-0.1, -0.05) is 53.5 Å². The van der Waals surface area contributed by atoms with Gasteiger partial charge in [0.1, 0.15) is 0 Å². The lowest BCUT2D eigenvalue weighted by atomic mass is 10.1. The van der Waals surface area contributed by atoms with Gasteiger partial charge in [0.15, 0.2) is 6.30 Å². The van der Waals surface area contributed by atoms with E-state index in [9.17, 15) is 9.18 Å². The lowest BCUT2D eigenvalue weighted by Crippen LogP contribution is -2.48. The summed E-state index contributed by atoms with van der Waals surface area (Å²) in [6, 6.07) is 14.9. The SMILES string of the molecule is O=C1C(=C(c2ccccc2)N2CCNC(F)C2)SCCN1c1ccc(Cl)c(Cl)c1. The molecule has 0 bridgehead atoms. The fourth-order valence-corrected chi connectivity index (χ4v) is 4.94. The van der Waals surface area contributed by atoms with Crippen molar-refractivity contribution in [2.75, 3.05) is 36.8 Å². The molecule has 1 atom stereocenters. The summed E-state index contributed by atoms with van der Waals surface area (Å²) in [6.07, 6.45) is -1.13. The average molecular weight is 452 g/mol. The van der Waals surface area contributed by atoms with Crippen LogP contribution in [-0.4, -0.2) is 49.0 Å². The highest BCUT2D eigenvalue weighted by molar-refractivity contribution is 8.04. The van der Waals surface area contributed by atoms with Crippen molar-refractivity contribution in [2.24, 2.45) is 0 Å². The number of carbonyl (C=O) groups is 1. The molecule has 2 aliphatic rings. The number of nitrogens with zero attached hydrogens (tertiary/aromatic N) is 2. The second kappa shape index (κ2) is 8.96. The fraction of sp³-hybridized carbons (Fsp3) is 0.286. The van der Waals surface area contributed by atoms with Gasteiger partial charge >= 0.3 is 0 Å². The van der Waals surface area contributed by atoms with Crippen molar-refractivity contribution < 1.29 is 9.18 Å². The zero-order chi connectivity index (χ0) is 20.4. The number of carbonyl (C=O) groups excluding carboxylic acids is 1. The number of nitrogens with one attached hydrogen (secondary N) is 1. The van der Waals surface area contributed by atoms with Crippen LogP contribution in [0.15, 0.2) is 53.4 Å². The summed E-state index contributed by atoms with van der Waals surface area (Å²) in [4.78, 5) is 17.8. The summed E-state index contributed by atoms with van der Waals surface area (Å²) in [7, 11) is 0. The van der Waals surface area contributed by atoms with Crippen LogP contribution in [0.4, 0.5) is 10.1 Å². The minimum absolute atomic E-state index is 0.104. The predicted molar refractivity (Wildman–Crippen MR) is 119 cm³/mol. The van der Waals surface area contributed by atoms with Gasteiger partial charge < -0.3 is 9.80 Å². The van der Waals surface area contributed by atoms with Crippen LogP contribution in [0.2, 0.25) is 10.0 Å². The molecule has 0 aromatic heterocycles. The van der Waals surface area contributed by atoms with E-state index in [1.165, 1.54) is 11.8 Å². The largest absolute Gasteiger partial charge is 0.364 e. The third-order valence-electron chi connectivity index (χ3n) is 4.92. The van der Waals surface area contributed by atoms with Crippen molar-refractivity contribution >= 4 is 52.3 Å². The van der Waals surface area contributed by atoms with Gasteiger partial charge in [-0.2, -0.15) is 0 Å². The molecule has 1 N–H and O–H groups in total. The van der Waals surface area contributed by atoms with E-state index >= 15 is 0 Å². The lowest BCUT2D eigenvalue weighted by Gasteiger charge is -2.37. The Morgan fingerprint density at radius 2 is 1.90 bits per heavy atom. The predicted octanol–water partition coefficient (Wildman–Crippen LogP) is 4.64. The van der Waals surface area contributed by atoms with Crippen molar-refractivity contribution in [3.63, 3.8) is 0 Å². The zero-order valence-corrected chi connectivity index (χ0v) is 17.9. The molecule has 2 aromatic rings. The molecule has 0 radical (unpaired) electrons. The van der Waals surface area contributed by atoms with E-state index in [-0.39, 0.29) is 12.5 Å². The molecule has 152 valence electrons. The van der Waals surface area contributed by atoms with Crippen LogP contribution in [0, 0.1) is 0 Å². The van der Waals surface area contributed by atoms with Crippen molar-refractivity contribution in [2.45, 2.75) is 6.30 Å². The first-order valence-corrected chi connectivity index (χ1v) is 11.1. The highest BCUT2D eigenvalue weighted by Gasteiger charge is 2.32. The smallest absolute Gasteiger partial charge is 0.266 e. The number of thioether (sulfide) groups is 1. The number of alkyl halides is 1. The third kappa shape index (κ3) is 4.40. The van der Waals surface area contributed by atoms with Crippen molar-refractivity contribution in [3.05, 3.63) is 69.0 Å². The van der Waals surface area contributed by atoms with E-state index in [2.05, 4.69) is 5.32 Å². The van der Waals surface area contributed by atoms with Gasteiger partial charge in [0.05, 0.1) is 27.2 Å². The Labute approximate surface area is 183 Å². The quantitative estimate of drug-likeness (QED) is 0.544. The van der Waals surface area contributed by atoms with Crippen LogP contribution in [0.1, 0.15) is 5.56 Å². The van der Waals surface area contributed by atoms with Crippen molar-refractivity contribution in [1.29, 1.82) is 0 Å². The molecule has 0 spiro atoms. The zero-order valence-electron chi connectivity index (χ0n) is 15.6. The second-order valence-corrected chi connectivity index (χ2v) is 8.73. The number of benzene rings is 2. The number of amides is 1. The highest BCUT2D eigenvalue weighted by atomic mass is 35.5. The molecule has 0 aliphatic carbocycles. The van der Waals surface area contributed by atoms with Gasteiger partial charge in [-0.15, -0.1) is 11.8 Å². The molecular formula is C21H20Cl2FN3OS. The molecule has 2 aromatic carbocycles. The summed E-state index contributed by atoms with van der Waals surface area (Å²) in [5, 5.41) is 3.68. The first kappa shape index (κ1) is 20.5. The molecular weight excluding hydrogens is 432 g/mol. The molecule has 29 heavy (non-hydrogen) atoms. The number of anilines is 1. The van der Waals surface area contributed by atoms with Gasteiger partial charge in [0, 0.05) is 31.1 Å². The molecule has 2 aliphatic heterocycles. The van der Waals surface area contributed by atoms with Crippen LogP contribution in [-0.2, 0) is 4.79 Å². The molecule has 4 nitrogen and oxygen atoms in total. The number of hydrogen-bond acceptors (Lipinski definition) is 4. The van der Waals surface area contributed by atoms with Gasteiger partial charge in [-0.3, -0.25) is 10.1 Å². The van der Waals surface area contributed by atoms with Crippen LogP contribution >= 0.6 is 35.0 Å². The summed E-state index contributed by atoms with van der Waals surface area (Å²) >= 11 is 13.7. The topological polar surface area (TPSA) is 35.6 Å². The highest BCUT2D eigenvalue weighted by Crippen LogP contribution is 2.37. The molecule has 2 saturated heterocycles. The van der Waals surface area contributed by atoms with Crippen LogP contribution in [0.3, 0.4) is 0 Å². The molecule has 2 fully saturated rings. The van der Waals surface area contributed by atoms with Crippen LogP contribution in [0.5, 0.6) is 0 Å². The Kier molecular flexibility index (Phi) is 6.35. The monoisotopic (exact) mass is 451 g/mol. The Morgan fingerprint density at radius 3 is 2.62 bits per heavy atom. The van der Waals surface area contributed by atoms with Crippen LogP contribution in [0.25, 0.3) is 5.70 Å². The third-order valence-corrected chi connectivity index (χ3v) is 6.70. The van der Waals surface area contributed by atoms with E-state index in [0.717, 1.165) is 17.0 Å². The molecule has 1 unspecified atom stereocenters. The molecule has 4 rings (SSSR count). The Balaban J connectivity index is 1.77. The Morgan fingerprint density at radius 1 is 1.10 bits per heavy atom. The Hall–Kier alpha value is -1.73. The number of hydrogen-bond donors (Lipinski definition) is 1. The van der Waals surface area contributed by atoms with Gasteiger partial charge in [-0.05, 0) is 23.8 Å². The molecule has 0 saturated carbocycles. The van der Waals surface area contributed by atoms with Gasteiger partial charge in [-0.25, -0.2) is 4.39 Å². The average Bonchev–Trinajstić information content (AvgIpc) is 2.73. The maximum Gasteiger partial charge on any atom is 0.266 e. The maximum atomic E-state index is 14.1. The van der Waals surface area contributed by atoms with E-state index in [1.807, 2.05) is 35.2 Å². The van der Waals surface area contributed by atoms with Gasteiger partial charge in [0.2, 0.25) is 0 Å². The first-order valence-electron chi connectivity index (χ1n) is 9.36. The van der Waals surface area contributed by atoms with Crippen molar-refractivity contribution in [1.82, 2.24) is 10.2 Å². The standard InChI is InChI=1S/C21H20Cl2FN3OS/c22-16-7-6-15(12-17(16)23)27-10-11-29-20(21(27)28)19(14-4-2-1-3-5-14)26-9-8-25-18(24)13-26/h1-7,12,18,25H,8-11,13H2. The summed E-state index contributed by atoms with van der Waals surface area (Å²) in [5.74, 6) is 0.635. The number of halogens is 3. The first-order chi connectivity index (χ1) is 14.0. The molecule has 1 amide bonds. The maximum absolute atomic E-state index is 14.1. The minimum atomic E-state index is -1.13. The number of piperazine rings is 1. The fourth-order valence-electron chi connectivity index (χ4n) is 3.56. The summed E-state index contributed by atoms with van der Waals surface area (Å²) in [6.45, 7) is 1.93. The lowest BCUT2D eigenvalue weighted by molar-refractivity contribution is -0.114. The minimum Gasteiger partial charge on any atom is -0.364 e. The van der Waals surface area contributed by atoms with Gasteiger partial charge in [0.25, 0.3) is 5.91 Å². The summed E-state index contributed by atoms with van der Waals surface area (Å²) < 4.78 is 14.1. The van der Waals surface area contributed by atoms with E-state index in [1.54, 1.807) is 23.1 Å². The summed E-state index contributed by atoms with van der Waals surface area (Å²) in [5.41, 5.74) is 2.40. The Bertz CT molecular complexity index is 941. The van der Waals surface area contributed by atoms with Crippen LogP contribution < -0.4 is 10.2 Å². The van der Waals surface area contributed by atoms with E-state index in [4.69, 9.17) is 23.2 Å². The molecule has 8 heteroatoms. The van der Waals surface area contributed by atoms with Crippen molar-refractivity contribution in [3.8, 4) is 0 Å².